The zero-order valence-corrected chi connectivity index (χ0v) is 13.5. The molecule has 0 unspecified atom stereocenters. The Labute approximate surface area is 133 Å². The third-order valence-corrected chi connectivity index (χ3v) is 5.05. The highest BCUT2D eigenvalue weighted by Gasteiger charge is 2.42. The molecule has 0 bridgehead atoms. The average molecular weight is 302 g/mol. The monoisotopic (exact) mass is 302 g/mol. The largest absolute Gasteiger partial charge is 0.375 e. The first-order chi connectivity index (χ1) is 10.7. The highest BCUT2D eigenvalue weighted by atomic mass is 16.5. The van der Waals surface area contributed by atoms with E-state index in [1.807, 2.05) is 4.90 Å². The molecule has 3 rings (SSSR count). The van der Waals surface area contributed by atoms with Gasteiger partial charge in [-0.15, -0.1) is 0 Å². The minimum Gasteiger partial charge on any atom is -0.375 e. The van der Waals surface area contributed by atoms with E-state index in [0.717, 1.165) is 39.1 Å². The number of hydrogen-bond acceptors (Lipinski definition) is 3. The molecule has 2 fully saturated rings. The molecule has 2 aliphatic rings. The van der Waals surface area contributed by atoms with Gasteiger partial charge in [-0.1, -0.05) is 30.3 Å². The van der Waals surface area contributed by atoms with Crippen molar-refractivity contribution in [1.82, 2.24) is 9.80 Å². The fraction of sp³-hybridized carbons (Fsp3) is 0.611. The molecule has 0 saturated carbocycles. The van der Waals surface area contributed by atoms with E-state index >= 15 is 0 Å². The molecular weight excluding hydrogens is 276 g/mol. The molecular formula is C18H26N2O2. The van der Waals surface area contributed by atoms with Crippen molar-refractivity contribution in [1.29, 1.82) is 0 Å². The molecule has 2 aliphatic heterocycles. The molecule has 1 aromatic carbocycles. The van der Waals surface area contributed by atoms with E-state index < -0.39 is 0 Å². The summed E-state index contributed by atoms with van der Waals surface area (Å²) in [6, 6.07) is 10.7. The fourth-order valence-electron chi connectivity index (χ4n) is 3.97. The van der Waals surface area contributed by atoms with Crippen molar-refractivity contribution in [2.45, 2.75) is 25.8 Å². The van der Waals surface area contributed by atoms with Crippen LogP contribution in [0.4, 0.5) is 0 Å². The molecule has 1 aromatic rings. The van der Waals surface area contributed by atoms with Crippen LogP contribution in [0.25, 0.3) is 0 Å². The number of hydrogen-bond donors (Lipinski definition) is 0. The Hall–Kier alpha value is -1.39. The molecule has 0 N–H and O–H groups in total. The highest BCUT2D eigenvalue weighted by molar-refractivity contribution is 5.77. The molecule has 0 radical (unpaired) electrons. The molecule has 1 spiro atoms. The second-order valence-electron chi connectivity index (χ2n) is 6.80. The van der Waals surface area contributed by atoms with Gasteiger partial charge in [0, 0.05) is 38.7 Å². The third-order valence-electron chi connectivity index (χ3n) is 5.05. The maximum Gasteiger partial charge on any atom is 0.248 e. The van der Waals surface area contributed by atoms with Crippen LogP contribution in [0.2, 0.25) is 0 Å². The van der Waals surface area contributed by atoms with Crippen LogP contribution in [0.1, 0.15) is 24.8 Å². The minimum absolute atomic E-state index is 0.142. The first kappa shape index (κ1) is 15.5. The van der Waals surface area contributed by atoms with Gasteiger partial charge in [-0.05, 0) is 31.4 Å². The van der Waals surface area contributed by atoms with E-state index in [1.165, 1.54) is 18.4 Å². The SMILES string of the molecule is COCC(=O)N1CCC[C@@]2(CCN(Cc3ccccc3)C2)C1. The number of carbonyl (C=O) groups is 1. The maximum absolute atomic E-state index is 12.1. The lowest BCUT2D eigenvalue weighted by Gasteiger charge is -2.40. The number of amides is 1. The zero-order valence-electron chi connectivity index (χ0n) is 13.5. The van der Waals surface area contributed by atoms with E-state index in [9.17, 15) is 4.79 Å². The van der Waals surface area contributed by atoms with Crippen molar-refractivity contribution in [2.75, 3.05) is 39.9 Å². The Morgan fingerprint density at radius 1 is 1.18 bits per heavy atom. The number of benzene rings is 1. The summed E-state index contributed by atoms with van der Waals surface area (Å²) in [4.78, 5) is 16.7. The van der Waals surface area contributed by atoms with Crippen LogP contribution in [0, 0.1) is 5.41 Å². The molecule has 1 amide bonds. The van der Waals surface area contributed by atoms with Gasteiger partial charge >= 0.3 is 0 Å². The van der Waals surface area contributed by atoms with Crippen LogP contribution in [-0.2, 0) is 16.1 Å². The first-order valence-corrected chi connectivity index (χ1v) is 8.24. The predicted molar refractivity (Wildman–Crippen MR) is 86.5 cm³/mol. The number of rotatable bonds is 4. The third kappa shape index (κ3) is 3.50. The quantitative estimate of drug-likeness (QED) is 0.854. The van der Waals surface area contributed by atoms with Crippen molar-refractivity contribution in [3.8, 4) is 0 Å². The standard InChI is InChI=1S/C18H26N2O2/c1-22-13-17(21)20-10-5-8-18(15-20)9-11-19(14-18)12-16-6-3-2-4-7-16/h2-4,6-7H,5,8-15H2,1H3/t18-/m0/s1. The Kier molecular flexibility index (Phi) is 4.79. The highest BCUT2D eigenvalue weighted by Crippen LogP contribution is 2.39. The van der Waals surface area contributed by atoms with Crippen LogP contribution in [-0.4, -0.2) is 55.6 Å². The van der Waals surface area contributed by atoms with Crippen molar-refractivity contribution in [3.05, 3.63) is 35.9 Å². The molecule has 0 aliphatic carbocycles. The lowest BCUT2D eigenvalue weighted by atomic mass is 9.79. The van der Waals surface area contributed by atoms with Crippen LogP contribution in [0.5, 0.6) is 0 Å². The summed E-state index contributed by atoms with van der Waals surface area (Å²) in [5, 5.41) is 0. The molecule has 0 aromatic heterocycles. The lowest BCUT2D eigenvalue weighted by molar-refractivity contribution is -0.138. The van der Waals surface area contributed by atoms with Gasteiger partial charge in [0.2, 0.25) is 5.91 Å². The lowest BCUT2D eigenvalue weighted by Crippen LogP contribution is -2.48. The average Bonchev–Trinajstić information content (AvgIpc) is 2.90. The number of ether oxygens (including phenoxy) is 1. The number of methoxy groups -OCH3 is 1. The second kappa shape index (κ2) is 6.80. The summed E-state index contributed by atoms with van der Waals surface area (Å²) in [6.45, 7) is 5.28. The van der Waals surface area contributed by atoms with Gasteiger partial charge in [-0.2, -0.15) is 0 Å². The molecule has 4 nitrogen and oxygen atoms in total. The molecule has 2 heterocycles. The molecule has 2 saturated heterocycles. The molecule has 22 heavy (non-hydrogen) atoms. The number of nitrogens with zero attached hydrogens (tertiary/aromatic N) is 2. The van der Waals surface area contributed by atoms with Gasteiger partial charge in [-0.3, -0.25) is 9.69 Å². The van der Waals surface area contributed by atoms with E-state index in [1.54, 1.807) is 7.11 Å². The van der Waals surface area contributed by atoms with Gasteiger partial charge in [0.05, 0.1) is 0 Å². The van der Waals surface area contributed by atoms with Crippen molar-refractivity contribution in [3.63, 3.8) is 0 Å². The van der Waals surface area contributed by atoms with Crippen LogP contribution < -0.4 is 0 Å². The number of carbonyl (C=O) groups excluding carboxylic acids is 1. The van der Waals surface area contributed by atoms with E-state index in [-0.39, 0.29) is 12.5 Å². The maximum atomic E-state index is 12.1. The Bertz CT molecular complexity index is 505. The topological polar surface area (TPSA) is 32.8 Å². The first-order valence-electron chi connectivity index (χ1n) is 8.24. The van der Waals surface area contributed by atoms with Crippen LogP contribution in [0.3, 0.4) is 0 Å². The minimum atomic E-state index is 0.142. The van der Waals surface area contributed by atoms with Crippen molar-refractivity contribution < 1.29 is 9.53 Å². The van der Waals surface area contributed by atoms with Gasteiger partial charge in [0.1, 0.15) is 6.61 Å². The summed E-state index contributed by atoms with van der Waals surface area (Å²) in [7, 11) is 1.59. The smallest absolute Gasteiger partial charge is 0.248 e. The summed E-state index contributed by atoms with van der Waals surface area (Å²) >= 11 is 0. The molecule has 120 valence electrons. The normalized spacial score (nSPS) is 25.8. The number of likely N-dealkylation sites (tertiary alicyclic amines) is 2. The van der Waals surface area contributed by atoms with E-state index in [0.29, 0.717) is 5.41 Å². The van der Waals surface area contributed by atoms with Crippen molar-refractivity contribution >= 4 is 5.91 Å². The zero-order chi connectivity index (χ0) is 15.4. The Morgan fingerprint density at radius 2 is 2.00 bits per heavy atom. The van der Waals surface area contributed by atoms with Gasteiger partial charge in [0.15, 0.2) is 0 Å². The van der Waals surface area contributed by atoms with Crippen LogP contribution >= 0.6 is 0 Å². The summed E-state index contributed by atoms with van der Waals surface area (Å²) < 4.78 is 5.01. The number of piperidine rings is 1. The fourth-order valence-corrected chi connectivity index (χ4v) is 3.97. The summed E-state index contributed by atoms with van der Waals surface area (Å²) in [6.07, 6.45) is 3.57. The summed E-state index contributed by atoms with van der Waals surface area (Å²) in [5.74, 6) is 0.142. The Morgan fingerprint density at radius 3 is 2.77 bits per heavy atom. The van der Waals surface area contributed by atoms with Crippen molar-refractivity contribution in [2.24, 2.45) is 5.41 Å². The van der Waals surface area contributed by atoms with E-state index in [4.69, 9.17) is 4.74 Å². The predicted octanol–water partition coefficient (Wildman–Crippen LogP) is 2.15. The van der Waals surface area contributed by atoms with Gasteiger partial charge < -0.3 is 9.64 Å². The summed E-state index contributed by atoms with van der Waals surface area (Å²) in [5.41, 5.74) is 1.68. The van der Waals surface area contributed by atoms with Gasteiger partial charge in [0.25, 0.3) is 0 Å². The van der Waals surface area contributed by atoms with E-state index in [2.05, 4.69) is 35.2 Å². The molecule has 4 heteroatoms. The molecule has 1 atom stereocenters. The van der Waals surface area contributed by atoms with Crippen LogP contribution in [0.15, 0.2) is 30.3 Å². The second-order valence-corrected chi connectivity index (χ2v) is 6.80. The van der Waals surface area contributed by atoms with Gasteiger partial charge in [-0.25, -0.2) is 0 Å². The Balaban J connectivity index is 1.59.